The van der Waals surface area contributed by atoms with Crippen molar-refractivity contribution < 1.29 is 9.53 Å². The molecule has 5 heteroatoms. The molecule has 1 N–H and O–H groups in total. The highest BCUT2D eigenvalue weighted by Crippen LogP contribution is 2.44. The summed E-state index contributed by atoms with van der Waals surface area (Å²) < 4.78 is 5.20. The molecule has 1 saturated heterocycles. The zero-order valence-electron chi connectivity index (χ0n) is 16.4. The predicted molar refractivity (Wildman–Crippen MR) is 100 cm³/mol. The van der Waals surface area contributed by atoms with E-state index in [9.17, 15) is 4.79 Å². The quantitative estimate of drug-likeness (QED) is 0.540. The van der Waals surface area contributed by atoms with E-state index < -0.39 is 8.07 Å². The molecule has 2 atom stereocenters. The maximum absolute atomic E-state index is 12.0. The van der Waals surface area contributed by atoms with Crippen molar-refractivity contribution in [3.63, 3.8) is 0 Å². The molecule has 2 unspecified atom stereocenters. The summed E-state index contributed by atoms with van der Waals surface area (Å²) in [5.74, 6) is 0.315. The Morgan fingerprint density at radius 3 is 2.61 bits per heavy atom. The van der Waals surface area contributed by atoms with E-state index in [1.165, 1.54) is 12.8 Å². The van der Waals surface area contributed by atoms with Crippen LogP contribution in [-0.4, -0.2) is 51.0 Å². The van der Waals surface area contributed by atoms with Crippen LogP contribution in [-0.2, 0) is 9.53 Å². The summed E-state index contributed by atoms with van der Waals surface area (Å²) in [6.07, 6.45) is 3.66. The van der Waals surface area contributed by atoms with E-state index in [1.807, 2.05) is 13.8 Å². The number of esters is 1. The fraction of sp³-hybridized carbons (Fsp3) is 0.944. The Morgan fingerprint density at radius 2 is 2.04 bits per heavy atom. The zero-order chi connectivity index (χ0) is 17.7. The molecule has 23 heavy (non-hydrogen) atoms. The fourth-order valence-corrected chi connectivity index (χ4v) is 7.15. The van der Waals surface area contributed by atoms with Gasteiger partial charge in [-0.1, -0.05) is 53.6 Å². The molecule has 0 bridgehead atoms. The minimum atomic E-state index is -1.57. The van der Waals surface area contributed by atoms with Crippen molar-refractivity contribution in [2.24, 2.45) is 5.92 Å². The Bertz CT molecular complexity index is 385. The van der Waals surface area contributed by atoms with Gasteiger partial charge in [0, 0.05) is 18.9 Å². The lowest BCUT2D eigenvalue weighted by Gasteiger charge is -2.52. The first kappa shape index (κ1) is 20.7. The van der Waals surface area contributed by atoms with Gasteiger partial charge in [-0.15, -0.1) is 0 Å². The topological polar surface area (TPSA) is 41.6 Å². The second kappa shape index (κ2) is 8.63. The molecule has 0 amide bonds. The van der Waals surface area contributed by atoms with Gasteiger partial charge in [-0.3, -0.25) is 9.69 Å². The van der Waals surface area contributed by atoms with Crippen molar-refractivity contribution in [2.75, 3.05) is 26.2 Å². The number of nitrogens with one attached hydrogen (secondary N) is 1. The first-order valence-electron chi connectivity index (χ1n) is 9.31. The van der Waals surface area contributed by atoms with Gasteiger partial charge in [-0.05, 0) is 24.9 Å². The summed E-state index contributed by atoms with van der Waals surface area (Å²) in [5.41, 5.74) is 0. The summed E-state index contributed by atoms with van der Waals surface area (Å²) in [4.78, 5) is 14.5. The number of hydrogen-bond acceptors (Lipinski definition) is 4. The molecule has 1 aliphatic rings. The molecule has 0 spiro atoms. The van der Waals surface area contributed by atoms with Crippen LogP contribution in [0.3, 0.4) is 0 Å². The first-order chi connectivity index (χ1) is 10.7. The number of carbonyl (C=O) groups excluding carboxylic acids is 1. The van der Waals surface area contributed by atoms with Gasteiger partial charge < -0.3 is 10.1 Å². The number of nitrogens with zero attached hydrogens (tertiary/aromatic N) is 1. The highest BCUT2D eigenvalue weighted by Gasteiger charge is 2.47. The van der Waals surface area contributed by atoms with Gasteiger partial charge in [0.25, 0.3) is 0 Å². The van der Waals surface area contributed by atoms with Gasteiger partial charge in [0.2, 0.25) is 0 Å². The molecule has 0 aromatic carbocycles. The van der Waals surface area contributed by atoms with Crippen molar-refractivity contribution in [1.29, 1.82) is 0 Å². The second-order valence-corrected chi connectivity index (χ2v) is 13.6. The number of carbonyl (C=O) groups is 1. The van der Waals surface area contributed by atoms with Gasteiger partial charge in [-0.25, -0.2) is 0 Å². The third kappa shape index (κ3) is 5.04. The monoisotopic (exact) mass is 342 g/mol. The van der Waals surface area contributed by atoms with Crippen molar-refractivity contribution >= 4 is 14.0 Å². The largest absolute Gasteiger partial charge is 0.466 e. The molecule has 1 fully saturated rings. The molecular formula is C18H38N2O2Si. The third-order valence-electron chi connectivity index (χ3n) is 5.83. The third-order valence-corrected chi connectivity index (χ3v) is 11.5. The van der Waals surface area contributed by atoms with E-state index in [2.05, 4.69) is 44.1 Å². The van der Waals surface area contributed by atoms with Crippen LogP contribution in [0.2, 0.25) is 18.1 Å². The normalized spacial score (nSPS) is 22.0. The van der Waals surface area contributed by atoms with Crippen LogP contribution in [0.4, 0.5) is 0 Å². The lowest BCUT2D eigenvalue weighted by Crippen LogP contribution is -2.67. The summed E-state index contributed by atoms with van der Waals surface area (Å²) >= 11 is 0. The van der Waals surface area contributed by atoms with E-state index in [0.717, 1.165) is 26.1 Å². The summed E-state index contributed by atoms with van der Waals surface area (Å²) in [7, 11) is -1.57. The Labute approximate surface area is 144 Å². The van der Waals surface area contributed by atoms with Gasteiger partial charge in [0.05, 0.1) is 20.6 Å². The summed E-state index contributed by atoms with van der Waals surface area (Å²) in [6.45, 7) is 19.5. The van der Waals surface area contributed by atoms with Crippen LogP contribution in [0, 0.1) is 5.92 Å². The molecule has 1 heterocycles. The van der Waals surface area contributed by atoms with Crippen LogP contribution in [0.5, 0.6) is 0 Å². The Kier molecular flexibility index (Phi) is 7.75. The molecule has 0 radical (unpaired) electrons. The lowest BCUT2D eigenvalue weighted by atomic mass is 10.1. The molecule has 0 aliphatic carbocycles. The smallest absolute Gasteiger partial charge is 0.309 e. The van der Waals surface area contributed by atoms with Crippen LogP contribution in [0.15, 0.2) is 0 Å². The molecule has 0 saturated carbocycles. The zero-order valence-corrected chi connectivity index (χ0v) is 17.4. The molecule has 0 aromatic heterocycles. The Balaban J connectivity index is 2.87. The average molecular weight is 343 g/mol. The minimum Gasteiger partial charge on any atom is -0.466 e. The molecule has 4 nitrogen and oxygen atoms in total. The van der Waals surface area contributed by atoms with Crippen molar-refractivity contribution in [2.45, 2.75) is 77.8 Å². The molecule has 0 aromatic rings. The van der Waals surface area contributed by atoms with E-state index in [-0.39, 0.29) is 11.9 Å². The molecule has 1 aliphatic heterocycles. The molecular weight excluding hydrogens is 304 g/mol. The highest BCUT2D eigenvalue weighted by molar-refractivity contribution is 6.81. The SMILES string of the molecule is CCCC(C)(C)[Si](C)(C)C1NCCCN1CC(C)C(=O)OCC. The highest BCUT2D eigenvalue weighted by atomic mass is 28.3. The molecule has 136 valence electrons. The van der Waals surface area contributed by atoms with Crippen molar-refractivity contribution in [3.05, 3.63) is 0 Å². The second-order valence-electron chi connectivity index (χ2n) is 8.21. The van der Waals surface area contributed by atoms with E-state index in [1.54, 1.807) is 0 Å². The number of ether oxygens (including phenoxy) is 1. The van der Waals surface area contributed by atoms with E-state index in [0.29, 0.717) is 17.4 Å². The van der Waals surface area contributed by atoms with Gasteiger partial charge in [-0.2, -0.15) is 0 Å². The minimum absolute atomic E-state index is 0.0589. The van der Waals surface area contributed by atoms with E-state index >= 15 is 0 Å². The Morgan fingerprint density at radius 1 is 1.39 bits per heavy atom. The first-order valence-corrected chi connectivity index (χ1v) is 12.4. The standard InChI is InChI=1S/C18H38N2O2Si/c1-8-11-18(4,5)23(6,7)17-19-12-10-13-20(17)14-15(3)16(21)22-9-2/h15,17,19H,8-14H2,1-7H3. The molecule has 1 rings (SSSR count). The van der Waals surface area contributed by atoms with E-state index in [4.69, 9.17) is 4.74 Å². The predicted octanol–water partition coefficient (Wildman–Crippen LogP) is 3.63. The average Bonchev–Trinajstić information content (AvgIpc) is 2.47. The maximum Gasteiger partial charge on any atom is 0.309 e. The van der Waals surface area contributed by atoms with Crippen molar-refractivity contribution in [3.8, 4) is 0 Å². The van der Waals surface area contributed by atoms with Gasteiger partial charge in [0.15, 0.2) is 0 Å². The van der Waals surface area contributed by atoms with Crippen LogP contribution in [0.1, 0.15) is 53.9 Å². The van der Waals surface area contributed by atoms with Crippen molar-refractivity contribution in [1.82, 2.24) is 10.2 Å². The van der Waals surface area contributed by atoms with Crippen LogP contribution in [0.25, 0.3) is 0 Å². The van der Waals surface area contributed by atoms with Gasteiger partial charge >= 0.3 is 5.97 Å². The van der Waals surface area contributed by atoms with Crippen LogP contribution >= 0.6 is 0 Å². The fourth-order valence-electron chi connectivity index (χ4n) is 3.72. The maximum atomic E-state index is 12.0. The number of rotatable bonds is 8. The number of hydrogen-bond donors (Lipinski definition) is 1. The van der Waals surface area contributed by atoms with Crippen LogP contribution < -0.4 is 5.32 Å². The van der Waals surface area contributed by atoms with Gasteiger partial charge in [0.1, 0.15) is 0 Å². The summed E-state index contributed by atoms with van der Waals surface area (Å²) in [6, 6.07) is 0. The Hall–Kier alpha value is -0.393. The summed E-state index contributed by atoms with van der Waals surface area (Å²) in [5, 5.41) is 4.16. The lowest BCUT2D eigenvalue weighted by molar-refractivity contribution is -0.148.